The van der Waals surface area contributed by atoms with Crippen LogP contribution in [0.3, 0.4) is 0 Å². The second-order valence-electron chi connectivity index (χ2n) is 4.59. The van der Waals surface area contributed by atoms with E-state index in [-0.39, 0.29) is 16.3 Å². The van der Waals surface area contributed by atoms with Gasteiger partial charge in [0, 0.05) is 23.9 Å². The van der Waals surface area contributed by atoms with Gasteiger partial charge in [-0.05, 0) is 30.3 Å². The molecule has 3 nitrogen and oxygen atoms in total. The minimum Gasteiger partial charge on any atom is -0.478 e. The number of thioether (sulfide) groups is 1. The number of aromatic carboxylic acids is 1. The highest BCUT2D eigenvalue weighted by molar-refractivity contribution is 7.99. The number of halogens is 4. The number of aromatic nitrogens is 1. The maximum absolute atomic E-state index is 14.0. The molecule has 0 amide bonds. The molecule has 0 saturated heterocycles. The van der Waals surface area contributed by atoms with Crippen molar-refractivity contribution in [2.75, 3.05) is 5.75 Å². The minimum atomic E-state index is -3.36. The van der Waals surface area contributed by atoms with Crippen molar-refractivity contribution in [3.05, 3.63) is 59.3 Å². The van der Waals surface area contributed by atoms with Crippen molar-refractivity contribution in [2.45, 2.75) is 17.4 Å². The predicted octanol–water partition coefficient (Wildman–Crippen LogP) is 4.33. The van der Waals surface area contributed by atoms with Gasteiger partial charge in [-0.25, -0.2) is 27.3 Å². The van der Waals surface area contributed by atoms with Gasteiger partial charge in [0.25, 0.3) is 5.92 Å². The first-order valence-electron chi connectivity index (χ1n) is 6.46. The van der Waals surface area contributed by atoms with Crippen LogP contribution in [0.2, 0.25) is 0 Å². The van der Waals surface area contributed by atoms with Crippen molar-refractivity contribution >= 4 is 17.7 Å². The number of benzene rings is 1. The van der Waals surface area contributed by atoms with Crippen molar-refractivity contribution in [1.82, 2.24) is 4.98 Å². The molecule has 0 spiro atoms. The summed E-state index contributed by atoms with van der Waals surface area (Å²) in [6.45, 7) is 0. The zero-order valence-corrected chi connectivity index (χ0v) is 12.4. The van der Waals surface area contributed by atoms with Gasteiger partial charge in [-0.1, -0.05) is 0 Å². The van der Waals surface area contributed by atoms with Gasteiger partial charge in [-0.2, -0.15) is 0 Å². The summed E-state index contributed by atoms with van der Waals surface area (Å²) in [5.41, 5.74) is -0.704. The summed E-state index contributed by atoms with van der Waals surface area (Å²) in [6, 6.07) is 4.69. The molecule has 23 heavy (non-hydrogen) atoms. The maximum Gasteiger partial charge on any atom is 0.338 e. The summed E-state index contributed by atoms with van der Waals surface area (Å²) < 4.78 is 53.8. The van der Waals surface area contributed by atoms with Gasteiger partial charge in [0.15, 0.2) is 11.6 Å². The summed E-state index contributed by atoms with van der Waals surface area (Å²) >= 11 is 0.864. The third-order valence-electron chi connectivity index (χ3n) is 3.00. The van der Waals surface area contributed by atoms with Gasteiger partial charge in [0.2, 0.25) is 0 Å². The molecule has 2 rings (SSSR count). The van der Waals surface area contributed by atoms with E-state index in [1.165, 1.54) is 18.3 Å². The lowest BCUT2D eigenvalue weighted by Gasteiger charge is -2.16. The molecule has 0 aliphatic carbocycles. The van der Waals surface area contributed by atoms with Crippen LogP contribution < -0.4 is 0 Å². The number of hydrogen-bond donors (Lipinski definition) is 1. The van der Waals surface area contributed by atoms with E-state index in [1.807, 2.05) is 0 Å². The van der Waals surface area contributed by atoms with E-state index >= 15 is 0 Å². The number of carbonyl (C=O) groups is 1. The monoisotopic (exact) mass is 345 g/mol. The average molecular weight is 345 g/mol. The van der Waals surface area contributed by atoms with Crippen LogP contribution in [-0.2, 0) is 5.92 Å². The molecule has 0 fully saturated rings. The Hall–Kier alpha value is -2.09. The van der Waals surface area contributed by atoms with Crippen molar-refractivity contribution in [1.29, 1.82) is 0 Å². The Morgan fingerprint density at radius 1 is 1.22 bits per heavy atom. The van der Waals surface area contributed by atoms with Gasteiger partial charge < -0.3 is 5.11 Å². The van der Waals surface area contributed by atoms with Crippen LogP contribution in [0.25, 0.3) is 0 Å². The molecule has 2 aromatic rings. The van der Waals surface area contributed by atoms with E-state index in [2.05, 4.69) is 4.98 Å². The lowest BCUT2D eigenvalue weighted by atomic mass is 10.1. The van der Waals surface area contributed by atoms with E-state index in [0.717, 1.165) is 17.8 Å². The number of rotatable bonds is 6. The van der Waals surface area contributed by atoms with Crippen LogP contribution in [0.5, 0.6) is 0 Å². The Morgan fingerprint density at radius 2 is 1.96 bits per heavy atom. The number of hydrogen-bond acceptors (Lipinski definition) is 3. The lowest BCUT2D eigenvalue weighted by Crippen LogP contribution is -2.15. The van der Waals surface area contributed by atoms with Crippen molar-refractivity contribution < 1.29 is 27.5 Å². The highest BCUT2D eigenvalue weighted by Crippen LogP contribution is 2.35. The van der Waals surface area contributed by atoms with Crippen molar-refractivity contribution in [2.24, 2.45) is 0 Å². The topological polar surface area (TPSA) is 50.2 Å². The molecule has 0 aliphatic heterocycles. The molecule has 1 aromatic heterocycles. The molecule has 1 N–H and O–H groups in total. The average Bonchev–Trinajstić information content (AvgIpc) is 2.50. The number of carboxylic acids is 1. The van der Waals surface area contributed by atoms with Crippen LogP contribution in [0.1, 0.15) is 22.3 Å². The Morgan fingerprint density at radius 3 is 2.61 bits per heavy atom. The highest BCUT2D eigenvalue weighted by Gasteiger charge is 2.32. The molecule has 1 heterocycles. The molecule has 0 unspecified atom stereocenters. The Labute approximate surface area is 133 Å². The van der Waals surface area contributed by atoms with Gasteiger partial charge in [-0.3, -0.25) is 0 Å². The largest absolute Gasteiger partial charge is 0.478 e. The smallest absolute Gasteiger partial charge is 0.338 e. The van der Waals surface area contributed by atoms with Gasteiger partial charge >= 0.3 is 5.97 Å². The SMILES string of the molecule is O=C(O)c1cccnc1SCCC(F)(F)c1ccc(F)c(F)c1. The number of nitrogens with zero attached hydrogens (tertiary/aromatic N) is 1. The summed E-state index contributed by atoms with van der Waals surface area (Å²) in [5.74, 6) is -7.23. The first kappa shape index (κ1) is 17.3. The van der Waals surface area contributed by atoms with Gasteiger partial charge in [-0.15, -0.1) is 11.8 Å². The number of pyridine rings is 1. The Bertz CT molecular complexity index is 724. The molecule has 1 aromatic carbocycles. The second kappa shape index (κ2) is 6.99. The normalized spacial score (nSPS) is 11.5. The molecular formula is C15H11F4NO2S. The first-order valence-corrected chi connectivity index (χ1v) is 7.44. The second-order valence-corrected chi connectivity index (χ2v) is 5.68. The third kappa shape index (κ3) is 4.22. The summed E-state index contributed by atoms with van der Waals surface area (Å²) in [7, 11) is 0. The van der Waals surface area contributed by atoms with E-state index in [0.29, 0.717) is 12.1 Å². The Kier molecular flexibility index (Phi) is 5.25. The molecule has 0 aliphatic rings. The molecular weight excluding hydrogens is 334 g/mol. The molecule has 0 bridgehead atoms. The van der Waals surface area contributed by atoms with Crippen LogP contribution in [-0.4, -0.2) is 21.8 Å². The summed E-state index contributed by atoms with van der Waals surface area (Å²) in [5, 5.41) is 9.11. The van der Waals surface area contributed by atoms with E-state index < -0.39 is 35.5 Å². The first-order chi connectivity index (χ1) is 10.8. The van der Waals surface area contributed by atoms with Crippen LogP contribution in [0.4, 0.5) is 17.6 Å². The molecule has 8 heteroatoms. The molecule has 0 saturated carbocycles. The summed E-state index contributed by atoms with van der Waals surface area (Å²) in [4.78, 5) is 14.8. The number of alkyl halides is 2. The highest BCUT2D eigenvalue weighted by atomic mass is 32.2. The fraction of sp³-hybridized carbons (Fsp3) is 0.200. The molecule has 0 atom stereocenters. The zero-order chi connectivity index (χ0) is 17.0. The van der Waals surface area contributed by atoms with Crippen LogP contribution >= 0.6 is 11.8 Å². The predicted molar refractivity (Wildman–Crippen MR) is 76.8 cm³/mol. The van der Waals surface area contributed by atoms with E-state index in [4.69, 9.17) is 5.11 Å². The standard InChI is InChI=1S/C15H11F4NO2S/c16-11-4-3-9(8-12(11)17)15(18,19)5-7-23-13-10(14(21)22)2-1-6-20-13/h1-4,6,8H,5,7H2,(H,21,22). The summed E-state index contributed by atoms with van der Waals surface area (Å²) in [6.07, 6.45) is 0.695. The van der Waals surface area contributed by atoms with Crippen LogP contribution in [0.15, 0.2) is 41.6 Å². The fourth-order valence-corrected chi connectivity index (χ4v) is 2.81. The molecule has 0 radical (unpaired) electrons. The fourth-order valence-electron chi connectivity index (χ4n) is 1.81. The minimum absolute atomic E-state index is 0.0753. The van der Waals surface area contributed by atoms with Crippen molar-refractivity contribution in [3.63, 3.8) is 0 Å². The van der Waals surface area contributed by atoms with Gasteiger partial charge in [0.05, 0.1) is 5.56 Å². The number of carboxylic acid groups (broad SMARTS) is 1. The van der Waals surface area contributed by atoms with Gasteiger partial charge in [0.1, 0.15) is 5.03 Å². The molecule has 122 valence electrons. The quantitative estimate of drug-likeness (QED) is 0.625. The Balaban J connectivity index is 2.05. The lowest BCUT2D eigenvalue weighted by molar-refractivity contribution is -0.00740. The van der Waals surface area contributed by atoms with E-state index in [1.54, 1.807) is 0 Å². The van der Waals surface area contributed by atoms with Crippen LogP contribution in [0, 0.1) is 11.6 Å². The zero-order valence-electron chi connectivity index (χ0n) is 11.6. The third-order valence-corrected chi connectivity index (χ3v) is 4.01. The van der Waals surface area contributed by atoms with Crippen molar-refractivity contribution in [3.8, 4) is 0 Å². The maximum atomic E-state index is 14.0. The van der Waals surface area contributed by atoms with E-state index in [9.17, 15) is 22.4 Å².